The Hall–Kier alpha value is -4.33. The third kappa shape index (κ3) is 4.39. The Kier molecular flexibility index (Phi) is 5.76. The van der Waals surface area contributed by atoms with Gasteiger partial charge in [0.2, 0.25) is 5.91 Å². The summed E-state index contributed by atoms with van der Waals surface area (Å²) in [5.74, 6) is -0.336. The lowest BCUT2D eigenvalue weighted by Crippen LogP contribution is -2.28. The second kappa shape index (κ2) is 8.81. The van der Waals surface area contributed by atoms with Crippen LogP contribution >= 0.6 is 0 Å². The molecule has 0 fully saturated rings. The maximum absolute atomic E-state index is 12.7. The number of hydrogen-bond acceptors (Lipinski definition) is 3. The lowest BCUT2D eigenvalue weighted by molar-refractivity contribution is -0.116. The molecule has 162 valence electrons. The van der Waals surface area contributed by atoms with E-state index in [0.717, 1.165) is 11.1 Å². The van der Waals surface area contributed by atoms with Gasteiger partial charge in [-0.05, 0) is 48.9 Å². The largest absolute Gasteiger partial charge is 0.329 e. The van der Waals surface area contributed by atoms with Crippen LogP contribution < -0.4 is 21.6 Å². The molecule has 3 aromatic carbocycles. The summed E-state index contributed by atoms with van der Waals surface area (Å²) in [5.41, 5.74) is 3.79. The number of fused-ring (bicyclic) bond motifs is 1. The van der Waals surface area contributed by atoms with Crippen molar-refractivity contribution in [2.45, 2.75) is 13.5 Å². The van der Waals surface area contributed by atoms with Gasteiger partial charge in [-0.3, -0.25) is 13.9 Å². The molecule has 1 heterocycles. The first-order valence-electron chi connectivity index (χ1n) is 10.1. The smallest absolute Gasteiger partial charge is 0.324 e. The normalized spacial score (nSPS) is 10.7. The molecule has 3 amide bonds. The van der Waals surface area contributed by atoms with Crippen molar-refractivity contribution in [3.63, 3.8) is 0 Å². The lowest BCUT2D eigenvalue weighted by atomic mass is 10.1. The number of amides is 3. The van der Waals surface area contributed by atoms with E-state index < -0.39 is 0 Å². The first-order chi connectivity index (χ1) is 15.4. The molecular formula is C24H23N5O3. The van der Waals surface area contributed by atoms with Gasteiger partial charge >= 0.3 is 11.7 Å². The van der Waals surface area contributed by atoms with E-state index in [1.54, 1.807) is 37.4 Å². The quantitative estimate of drug-likeness (QED) is 0.448. The summed E-state index contributed by atoms with van der Waals surface area (Å²) in [6, 6.07) is 21.3. The van der Waals surface area contributed by atoms with Crippen molar-refractivity contribution in [3.8, 4) is 0 Å². The standard InChI is InChI=1S/C24H23N5O3/c1-16-12-13-18(26-23(31)25-17-8-4-3-5-9-17)14-19(16)27-22(30)15-29-21-11-7-6-10-20(21)28(2)24(29)32/h3-14H,15H2,1-2H3,(H,27,30)(H2,25,26,31). The van der Waals surface area contributed by atoms with Crippen LogP contribution in [-0.2, 0) is 18.4 Å². The van der Waals surface area contributed by atoms with Gasteiger partial charge in [-0.2, -0.15) is 0 Å². The van der Waals surface area contributed by atoms with E-state index in [0.29, 0.717) is 22.6 Å². The Labute approximate surface area is 184 Å². The summed E-state index contributed by atoms with van der Waals surface area (Å²) < 4.78 is 2.96. The summed E-state index contributed by atoms with van der Waals surface area (Å²) in [7, 11) is 1.68. The fourth-order valence-corrected chi connectivity index (χ4v) is 3.50. The number of rotatable bonds is 5. The first-order valence-corrected chi connectivity index (χ1v) is 10.1. The van der Waals surface area contributed by atoms with Gasteiger partial charge < -0.3 is 16.0 Å². The van der Waals surface area contributed by atoms with Crippen LogP contribution in [0.1, 0.15) is 5.56 Å². The number of para-hydroxylation sites is 3. The molecule has 0 atom stereocenters. The highest BCUT2D eigenvalue weighted by atomic mass is 16.2. The molecule has 0 aliphatic carbocycles. The van der Waals surface area contributed by atoms with E-state index in [2.05, 4.69) is 16.0 Å². The Bertz CT molecular complexity index is 1360. The summed E-state index contributed by atoms with van der Waals surface area (Å²) in [4.78, 5) is 37.5. The predicted molar refractivity (Wildman–Crippen MR) is 126 cm³/mol. The number of carbonyl (C=O) groups is 2. The molecule has 0 unspecified atom stereocenters. The van der Waals surface area contributed by atoms with Crippen molar-refractivity contribution in [2.24, 2.45) is 7.05 Å². The van der Waals surface area contributed by atoms with Crippen LogP contribution in [0.4, 0.5) is 21.9 Å². The Balaban J connectivity index is 1.48. The SMILES string of the molecule is Cc1ccc(NC(=O)Nc2ccccc2)cc1NC(=O)Cn1c(=O)n(C)c2ccccc21. The number of carbonyl (C=O) groups excluding carboxylic acids is 2. The summed E-state index contributed by atoms with van der Waals surface area (Å²) in [6.07, 6.45) is 0. The van der Waals surface area contributed by atoms with Crippen molar-refractivity contribution in [1.82, 2.24) is 9.13 Å². The highest BCUT2D eigenvalue weighted by Gasteiger charge is 2.14. The molecule has 0 saturated heterocycles. The Morgan fingerprint density at radius 1 is 0.812 bits per heavy atom. The summed E-state index contributed by atoms with van der Waals surface area (Å²) >= 11 is 0. The predicted octanol–water partition coefficient (Wildman–Crippen LogP) is 3.93. The first kappa shape index (κ1) is 20.9. The zero-order valence-corrected chi connectivity index (χ0v) is 17.8. The summed E-state index contributed by atoms with van der Waals surface area (Å²) in [6.45, 7) is 1.74. The van der Waals surface area contributed by atoms with E-state index in [1.165, 1.54) is 9.13 Å². The van der Waals surface area contributed by atoms with Crippen LogP contribution in [0.5, 0.6) is 0 Å². The van der Waals surface area contributed by atoms with Crippen molar-refractivity contribution in [1.29, 1.82) is 0 Å². The minimum atomic E-state index is -0.389. The third-order valence-corrected chi connectivity index (χ3v) is 5.15. The van der Waals surface area contributed by atoms with E-state index in [4.69, 9.17) is 0 Å². The molecule has 1 aromatic heterocycles. The highest BCUT2D eigenvalue weighted by molar-refractivity contribution is 6.00. The maximum atomic E-state index is 12.7. The molecule has 0 aliphatic heterocycles. The molecule has 8 heteroatoms. The molecule has 32 heavy (non-hydrogen) atoms. The van der Waals surface area contributed by atoms with Gasteiger partial charge in [-0.1, -0.05) is 36.4 Å². The van der Waals surface area contributed by atoms with Gasteiger partial charge in [0.05, 0.1) is 11.0 Å². The summed E-state index contributed by atoms with van der Waals surface area (Å²) in [5, 5.41) is 8.35. The van der Waals surface area contributed by atoms with Gasteiger partial charge in [-0.25, -0.2) is 9.59 Å². The number of nitrogens with one attached hydrogen (secondary N) is 3. The zero-order chi connectivity index (χ0) is 22.7. The van der Waals surface area contributed by atoms with Crippen LogP contribution in [0.25, 0.3) is 11.0 Å². The van der Waals surface area contributed by atoms with Crippen LogP contribution in [-0.4, -0.2) is 21.1 Å². The van der Waals surface area contributed by atoms with Crippen molar-refractivity contribution >= 4 is 40.0 Å². The van der Waals surface area contributed by atoms with E-state index in [1.807, 2.05) is 49.4 Å². The Morgan fingerprint density at radius 2 is 1.47 bits per heavy atom. The minimum absolute atomic E-state index is 0.119. The topological polar surface area (TPSA) is 97.2 Å². The number of imidazole rings is 1. The fraction of sp³-hybridized carbons (Fsp3) is 0.125. The average molecular weight is 429 g/mol. The second-order valence-corrected chi connectivity index (χ2v) is 7.44. The van der Waals surface area contributed by atoms with Crippen molar-refractivity contribution < 1.29 is 9.59 Å². The molecule has 4 rings (SSSR count). The Morgan fingerprint density at radius 3 is 2.22 bits per heavy atom. The number of hydrogen-bond donors (Lipinski definition) is 3. The van der Waals surface area contributed by atoms with Gasteiger partial charge in [0, 0.05) is 24.1 Å². The third-order valence-electron chi connectivity index (χ3n) is 5.15. The molecule has 4 aromatic rings. The molecule has 0 saturated carbocycles. The van der Waals surface area contributed by atoms with Crippen molar-refractivity contribution in [3.05, 3.63) is 88.8 Å². The van der Waals surface area contributed by atoms with E-state index in [-0.39, 0.29) is 24.2 Å². The van der Waals surface area contributed by atoms with Gasteiger partial charge in [-0.15, -0.1) is 0 Å². The number of benzene rings is 3. The fourth-order valence-electron chi connectivity index (χ4n) is 3.50. The van der Waals surface area contributed by atoms with Gasteiger partial charge in [0.1, 0.15) is 6.54 Å². The van der Waals surface area contributed by atoms with E-state index >= 15 is 0 Å². The zero-order valence-electron chi connectivity index (χ0n) is 17.8. The molecule has 8 nitrogen and oxygen atoms in total. The van der Waals surface area contributed by atoms with Crippen LogP contribution in [0, 0.1) is 6.92 Å². The average Bonchev–Trinajstić information content (AvgIpc) is 3.02. The highest BCUT2D eigenvalue weighted by Crippen LogP contribution is 2.21. The molecule has 0 aliphatic rings. The molecule has 0 bridgehead atoms. The maximum Gasteiger partial charge on any atom is 0.329 e. The van der Waals surface area contributed by atoms with Crippen LogP contribution in [0.15, 0.2) is 77.6 Å². The minimum Gasteiger partial charge on any atom is -0.324 e. The van der Waals surface area contributed by atoms with Crippen LogP contribution in [0.3, 0.4) is 0 Å². The van der Waals surface area contributed by atoms with Crippen molar-refractivity contribution in [2.75, 3.05) is 16.0 Å². The number of anilines is 3. The molecule has 3 N–H and O–H groups in total. The van der Waals surface area contributed by atoms with Gasteiger partial charge in [0.15, 0.2) is 0 Å². The number of urea groups is 1. The van der Waals surface area contributed by atoms with E-state index in [9.17, 15) is 14.4 Å². The number of aromatic nitrogens is 2. The molecule has 0 spiro atoms. The second-order valence-electron chi connectivity index (χ2n) is 7.44. The molecule has 0 radical (unpaired) electrons. The molecular weight excluding hydrogens is 406 g/mol. The van der Waals surface area contributed by atoms with Crippen LogP contribution in [0.2, 0.25) is 0 Å². The number of nitrogens with zero attached hydrogens (tertiary/aromatic N) is 2. The van der Waals surface area contributed by atoms with Gasteiger partial charge in [0.25, 0.3) is 0 Å². The lowest BCUT2D eigenvalue weighted by Gasteiger charge is -2.12. The monoisotopic (exact) mass is 429 g/mol. The number of aryl methyl sites for hydroxylation is 2.